The average molecular weight is 315 g/mol. The summed E-state index contributed by atoms with van der Waals surface area (Å²) in [6.07, 6.45) is 0.901. The van der Waals surface area contributed by atoms with Crippen molar-refractivity contribution in [1.82, 2.24) is 4.72 Å². The van der Waals surface area contributed by atoms with Crippen molar-refractivity contribution in [3.05, 3.63) is 28.8 Å². The molecule has 8 heteroatoms. The van der Waals surface area contributed by atoms with Gasteiger partial charge in [0.15, 0.2) is 0 Å². The minimum Gasteiger partial charge on any atom is -0.481 e. The van der Waals surface area contributed by atoms with Gasteiger partial charge in [-0.3, -0.25) is 4.79 Å². The third-order valence-corrected chi connectivity index (χ3v) is 5.14. The summed E-state index contributed by atoms with van der Waals surface area (Å²) in [6.45, 7) is -0.166. The normalized spacial score (nSPS) is 16.4. The summed E-state index contributed by atoms with van der Waals surface area (Å²) >= 11 is 5.83. The van der Waals surface area contributed by atoms with Gasteiger partial charge in [-0.15, -0.1) is 0 Å². The van der Waals surface area contributed by atoms with Gasteiger partial charge in [-0.1, -0.05) is 11.6 Å². The molecule has 1 aromatic carbocycles. The van der Waals surface area contributed by atoms with Crippen LogP contribution in [0.1, 0.15) is 18.4 Å². The second kappa shape index (κ2) is 5.05. The van der Waals surface area contributed by atoms with Gasteiger partial charge in [0.25, 0.3) is 0 Å². The predicted molar refractivity (Wildman–Crippen MR) is 70.7 cm³/mol. The first-order chi connectivity index (χ1) is 9.31. The molecule has 0 aromatic heterocycles. The van der Waals surface area contributed by atoms with Crippen LogP contribution in [0, 0.1) is 16.7 Å². The fraction of sp³-hybridized carbons (Fsp3) is 0.333. The van der Waals surface area contributed by atoms with E-state index in [4.69, 9.17) is 22.0 Å². The number of aliphatic carboxylic acids is 1. The van der Waals surface area contributed by atoms with E-state index in [1.54, 1.807) is 0 Å². The first-order valence-corrected chi connectivity index (χ1v) is 7.60. The van der Waals surface area contributed by atoms with E-state index in [2.05, 4.69) is 4.72 Å². The third-order valence-electron chi connectivity index (χ3n) is 3.26. The maximum Gasteiger partial charge on any atom is 0.310 e. The zero-order valence-corrected chi connectivity index (χ0v) is 11.8. The molecule has 0 spiro atoms. The van der Waals surface area contributed by atoms with Crippen molar-refractivity contribution in [2.24, 2.45) is 5.41 Å². The number of nitrogens with one attached hydrogen (secondary N) is 1. The molecule has 20 heavy (non-hydrogen) atoms. The number of nitrogens with zero attached hydrogens (tertiary/aromatic N) is 1. The Kier molecular flexibility index (Phi) is 3.73. The Hall–Kier alpha value is -1.62. The van der Waals surface area contributed by atoms with Crippen molar-refractivity contribution in [3.63, 3.8) is 0 Å². The van der Waals surface area contributed by atoms with Crippen molar-refractivity contribution in [3.8, 4) is 6.07 Å². The van der Waals surface area contributed by atoms with E-state index in [0.29, 0.717) is 12.8 Å². The van der Waals surface area contributed by atoms with Gasteiger partial charge in [0.1, 0.15) is 4.90 Å². The number of carboxylic acids is 1. The van der Waals surface area contributed by atoms with Crippen molar-refractivity contribution < 1.29 is 18.3 Å². The van der Waals surface area contributed by atoms with Gasteiger partial charge in [0, 0.05) is 6.54 Å². The SMILES string of the molecule is N#Cc1ccc(S(=O)(=O)NCC2(C(=O)O)CC2)c(Cl)c1. The van der Waals surface area contributed by atoms with E-state index >= 15 is 0 Å². The Morgan fingerprint density at radius 2 is 2.15 bits per heavy atom. The summed E-state index contributed by atoms with van der Waals surface area (Å²) in [5, 5.41) is 17.6. The maximum atomic E-state index is 12.1. The lowest BCUT2D eigenvalue weighted by atomic mass is 10.1. The molecule has 0 unspecified atom stereocenters. The molecule has 0 saturated heterocycles. The number of hydrogen-bond acceptors (Lipinski definition) is 4. The van der Waals surface area contributed by atoms with E-state index < -0.39 is 21.4 Å². The minimum absolute atomic E-state index is 0.0725. The Morgan fingerprint density at radius 3 is 2.60 bits per heavy atom. The molecule has 6 nitrogen and oxygen atoms in total. The topological polar surface area (TPSA) is 107 Å². The zero-order valence-electron chi connectivity index (χ0n) is 10.3. The van der Waals surface area contributed by atoms with Gasteiger partial charge in [-0.25, -0.2) is 13.1 Å². The van der Waals surface area contributed by atoms with E-state index in [9.17, 15) is 13.2 Å². The molecule has 1 aliphatic carbocycles. The highest BCUT2D eigenvalue weighted by atomic mass is 35.5. The summed E-state index contributed by atoms with van der Waals surface area (Å²) in [4.78, 5) is 10.8. The second-order valence-electron chi connectivity index (χ2n) is 4.67. The summed E-state index contributed by atoms with van der Waals surface area (Å²) in [6, 6.07) is 5.66. The number of carbonyl (C=O) groups is 1. The number of carboxylic acid groups (broad SMARTS) is 1. The van der Waals surface area contributed by atoms with Crippen LogP contribution in [-0.4, -0.2) is 26.0 Å². The van der Waals surface area contributed by atoms with Crippen molar-refractivity contribution >= 4 is 27.6 Å². The number of rotatable bonds is 5. The number of sulfonamides is 1. The lowest BCUT2D eigenvalue weighted by molar-refractivity contribution is -0.143. The van der Waals surface area contributed by atoms with Crippen molar-refractivity contribution in [2.75, 3.05) is 6.54 Å². The van der Waals surface area contributed by atoms with Gasteiger partial charge in [0.05, 0.1) is 22.1 Å². The van der Waals surface area contributed by atoms with Gasteiger partial charge < -0.3 is 5.11 Å². The Morgan fingerprint density at radius 1 is 1.50 bits per heavy atom. The highest BCUT2D eigenvalue weighted by Crippen LogP contribution is 2.45. The van der Waals surface area contributed by atoms with Crippen LogP contribution in [0.4, 0.5) is 0 Å². The van der Waals surface area contributed by atoms with E-state index in [1.165, 1.54) is 18.2 Å². The zero-order chi connectivity index (χ0) is 15.0. The van der Waals surface area contributed by atoms with Crippen molar-refractivity contribution in [1.29, 1.82) is 5.26 Å². The molecule has 0 aliphatic heterocycles. The molecular weight excluding hydrogens is 304 g/mol. The van der Waals surface area contributed by atoms with E-state index in [0.717, 1.165) is 0 Å². The molecule has 2 rings (SSSR count). The van der Waals surface area contributed by atoms with Gasteiger partial charge in [0.2, 0.25) is 10.0 Å². The van der Waals surface area contributed by atoms with Crippen LogP contribution >= 0.6 is 11.6 Å². The van der Waals surface area contributed by atoms with Crippen LogP contribution in [0.5, 0.6) is 0 Å². The number of halogens is 1. The van der Waals surface area contributed by atoms with E-state index in [-0.39, 0.29) is 22.0 Å². The monoisotopic (exact) mass is 314 g/mol. The quantitative estimate of drug-likeness (QED) is 0.853. The Bertz CT molecular complexity index is 705. The van der Waals surface area contributed by atoms with Crippen LogP contribution in [0.25, 0.3) is 0 Å². The maximum absolute atomic E-state index is 12.1. The number of nitriles is 1. The van der Waals surface area contributed by atoms with Gasteiger partial charge >= 0.3 is 5.97 Å². The highest BCUT2D eigenvalue weighted by Gasteiger charge is 2.50. The molecule has 1 aromatic rings. The molecule has 1 aliphatic rings. The lowest BCUT2D eigenvalue weighted by Crippen LogP contribution is -2.34. The fourth-order valence-corrected chi connectivity index (χ4v) is 3.39. The largest absolute Gasteiger partial charge is 0.481 e. The first-order valence-electron chi connectivity index (χ1n) is 5.73. The molecule has 1 saturated carbocycles. The average Bonchev–Trinajstić information content (AvgIpc) is 3.17. The number of benzene rings is 1. The van der Waals surface area contributed by atoms with Gasteiger partial charge in [-0.2, -0.15) is 5.26 Å². The molecule has 1 fully saturated rings. The predicted octanol–water partition coefficient (Wildman–Crippen LogP) is 1.35. The molecule has 0 radical (unpaired) electrons. The fourth-order valence-electron chi connectivity index (χ4n) is 1.72. The number of hydrogen-bond donors (Lipinski definition) is 2. The van der Waals surface area contributed by atoms with Crippen LogP contribution in [0.3, 0.4) is 0 Å². The van der Waals surface area contributed by atoms with E-state index in [1.807, 2.05) is 6.07 Å². The summed E-state index contributed by atoms with van der Waals surface area (Å²) in [5.41, 5.74) is -0.746. The molecule has 0 amide bonds. The Balaban J connectivity index is 2.19. The lowest BCUT2D eigenvalue weighted by Gasteiger charge is -2.12. The molecule has 2 N–H and O–H groups in total. The van der Waals surface area contributed by atoms with Gasteiger partial charge in [-0.05, 0) is 31.0 Å². The molecule has 0 heterocycles. The summed E-state index contributed by atoms with van der Waals surface area (Å²) in [7, 11) is -3.90. The summed E-state index contributed by atoms with van der Waals surface area (Å²) < 4.78 is 26.4. The van der Waals surface area contributed by atoms with Crippen LogP contribution in [-0.2, 0) is 14.8 Å². The van der Waals surface area contributed by atoms with Crippen LogP contribution < -0.4 is 4.72 Å². The smallest absolute Gasteiger partial charge is 0.310 e. The van der Waals surface area contributed by atoms with Crippen LogP contribution in [0.2, 0.25) is 5.02 Å². The Labute approximate surface area is 121 Å². The van der Waals surface area contributed by atoms with Crippen LogP contribution in [0.15, 0.2) is 23.1 Å². The first kappa shape index (κ1) is 14.8. The molecular formula is C12H11ClN2O4S. The minimum atomic E-state index is -3.90. The highest BCUT2D eigenvalue weighted by molar-refractivity contribution is 7.89. The molecule has 0 bridgehead atoms. The van der Waals surface area contributed by atoms with Crippen molar-refractivity contribution in [2.45, 2.75) is 17.7 Å². The standard InChI is InChI=1S/C12H11ClN2O4S/c13-9-5-8(6-14)1-2-10(9)20(18,19)15-7-12(3-4-12)11(16)17/h1-2,5,15H,3-4,7H2,(H,16,17). The molecule has 0 atom stereocenters. The molecule has 106 valence electrons. The second-order valence-corrected chi connectivity index (χ2v) is 6.81. The third kappa shape index (κ3) is 2.77. The summed E-state index contributed by atoms with van der Waals surface area (Å²) in [5.74, 6) is -1.01.